The Balaban J connectivity index is 1.89. The minimum Gasteiger partial charge on any atom is -0.392 e. The fourth-order valence-electron chi connectivity index (χ4n) is 2.18. The summed E-state index contributed by atoms with van der Waals surface area (Å²) in [4.78, 5) is 27.9. The van der Waals surface area contributed by atoms with Crippen LogP contribution in [-0.2, 0) is 17.8 Å². The number of aliphatic hydroxyl groups excluding tert-OH is 1. The molecule has 0 saturated heterocycles. The predicted octanol–water partition coefficient (Wildman–Crippen LogP) is 2.74. The third kappa shape index (κ3) is 4.72. The van der Waals surface area contributed by atoms with Crippen molar-refractivity contribution in [2.45, 2.75) is 32.8 Å². The van der Waals surface area contributed by atoms with Crippen molar-refractivity contribution in [3.8, 4) is 0 Å². The summed E-state index contributed by atoms with van der Waals surface area (Å²) in [6.07, 6.45) is 4.19. The Morgan fingerprint density at radius 1 is 1.13 bits per heavy atom. The molecule has 120 valence electrons. The molecular weight excluding hydrogens is 292 g/mol. The van der Waals surface area contributed by atoms with Gasteiger partial charge in [0.05, 0.1) is 18.5 Å². The van der Waals surface area contributed by atoms with Gasteiger partial charge in [-0.3, -0.25) is 14.6 Å². The number of amides is 1. The molecule has 0 atom stereocenters. The monoisotopic (exact) mass is 312 g/mol. The van der Waals surface area contributed by atoms with Crippen LogP contribution in [0, 0.1) is 0 Å². The first-order valence-corrected chi connectivity index (χ1v) is 7.59. The summed E-state index contributed by atoms with van der Waals surface area (Å²) in [5, 5.41) is 11.9. The standard InChI is InChI=1S/C18H20N2O3/c1-2-13-3-5-14(6-4-13)17(22)7-8-18(23)20-16-11-19-10-9-15(16)12-21/h3-6,9-11,21H,2,7-8,12H2,1H3,(H,20,23). The van der Waals surface area contributed by atoms with E-state index >= 15 is 0 Å². The third-order valence-corrected chi connectivity index (χ3v) is 3.62. The lowest BCUT2D eigenvalue weighted by Crippen LogP contribution is -2.15. The number of carbonyl (C=O) groups excluding carboxylic acids is 2. The van der Waals surface area contributed by atoms with Gasteiger partial charge in [-0.1, -0.05) is 31.2 Å². The van der Waals surface area contributed by atoms with Crippen LogP contribution in [0.5, 0.6) is 0 Å². The SMILES string of the molecule is CCc1ccc(C(=O)CCC(=O)Nc2cnccc2CO)cc1. The highest BCUT2D eigenvalue weighted by molar-refractivity contribution is 6.00. The number of aromatic nitrogens is 1. The smallest absolute Gasteiger partial charge is 0.224 e. The van der Waals surface area contributed by atoms with Crippen LogP contribution in [0.3, 0.4) is 0 Å². The number of Topliss-reactive ketones (excluding diaryl/α,β-unsaturated/α-hetero) is 1. The average molecular weight is 312 g/mol. The second-order valence-electron chi connectivity index (χ2n) is 5.21. The number of carbonyl (C=O) groups is 2. The van der Waals surface area contributed by atoms with Gasteiger partial charge in [-0.15, -0.1) is 0 Å². The Hall–Kier alpha value is -2.53. The molecule has 2 rings (SSSR count). The Kier molecular flexibility index (Phi) is 6.00. The summed E-state index contributed by atoms with van der Waals surface area (Å²) in [6.45, 7) is 1.88. The van der Waals surface area contributed by atoms with Crippen LogP contribution in [-0.4, -0.2) is 21.8 Å². The highest BCUT2D eigenvalue weighted by Crippen LogP contribution is 2.14. The van der Waals surface area contributed by atoms with Gasteiger partial charge in [0.1, 0.15) is 0 Å². The number of aliphatic hydroxyl groups is 1. The number of nitrogens with one attached hydrogen (secondary N) is 1. The number of anilines is 1. The quantitative estimate of drug-likeness (QED) is 0.770. The number of aryl methyl sites for hydroxylation is 1. The zero-order valence-corrected chi connectivity index (χ0v) is 13.1. The van der Waals surface area contributed by atoms with Crippen LogP contribution in [0.1, 0.15) is 41.3 Å². The molecule has 23 heavy (non-hydrogen) atoms. The number of rotatable bonds is 7. The van der Waals surface area contributed by atoms with Gasteiger partial charge in [0, 0.05) is 30.2 Å². The van der Waals surface area contributed by atoms with Crippen LogP contribution < -0.4 is 5.32 Å². The Morgan fingerprint density at radius 2 is 1.87 bits per heavy atom. The van der Waals surface area contributed by atoms with Crippen molar-refractivity contribution >= 4 is 17.4 Å². The first kappa shape index (κ1) is 16.8. The summed E-state index contributed by atoms with van der Waals surface area (Å²) in [5.74, 6) is -0.331. The van der Waals surface area contributed by atoms with E-state index in [9.17, 15) is 14.7 Å². The van der Waals surface area contributed by atoms with E-state index in [1.54, 1.807) is 24.4 Å². The number of nitrogens with zero attached hydrogens (tertiary/aromatic N) is 1. The minimum atomic E-state index is -0.272. The van der Waals surface area contributed by atoms with E-state index in [1.807, 2.05) is 12.1 Å². The summed E-state index contributed by atoms with van der Waals surface area (Å²) in [5.41, 5.74) is 2.86. The molecule has 1 aromatic carbocycles. The van der Waals surface area contributed by atoms with Gasteiger partial charge in [-0.2, -0.15) is 0 Å². The number of ketones is 1. The topological polar surface area (TPSA) is 79.3 Å². The van der Waals surface area contributed by atoms with E-state index in [-0.39, 0.29) is 31.1 Å². The molecule has 0 saturated carbocycles. The van der Waals surface area contributed by atoms with Gasteiger partial charge >= 0.3 is 0 Å². The number of hydrogen-bond donors (Lipinski definition) is 2. The van der Waals surface area contributed by atoms with Crippen LogP contribution in [0.2, 0.25) is 0 Å². The van der Waals surface area contributed by atoms with Gasteiger partial charge in [0.2, 0.25) is 5.91 Å². The van der Waals surface area contributed by atoms with E-state index in [2.05, 4.69) is 17.2 Å². The fraction of sp³-hybridized carbons (Fsp3) is 0.278. The second kappa shape index (κ2) is 8.19. The molecule has 0 unspecified atom stereocenters. The molecule has 0 aliphatic carbocycles. The maximum Gasteiger partial charge on any atom is 0.224 e. The first-order valence-electron chi connectivity index (χ1n) is 7.59. The van der Waals surface area contributed by atoms with Crippen molar-refractivity contribution < 1.29 is 14.7 Å². The number of pyridine rings is 1. The molecule has 0 spiro atoms. The van der Waals surface area contributed by atoms with Crippen molar-refractivity contribution in [3.63, 3.8) is 0 Å². The molecule has 0 bridgehead atoms. The summed E-state index contributed by atoms with van der Waals surface area (Å²) >= 11 is 0. The summed E-state index contributed by atoms with van der Waals surface area (Å²) in [6, 6.07) is 9.08. The molecule has 5 nitrogen and oxygen atoms in total. The normalized spacial score (nSPS) is 10.3. The largest absolute Gasteiger partial charge is 0.392 e. The van der Waals surface area contributed by atoms with E-state index in [0.29, 0.717) is 16.8 Å². The van der Waals surface area contributed by atoms with Crippen LogP contribution in [0.25, 0.3) is 0 Å². The molecular formula is C18H20N2O3. The molecule has 0 aliphatic rings. The maximum atomic E-state index is 12.1. The zero-order chi connectivity index (χ0) is 16.7. The lowest BCUT2D eigenvalue weighted by molar-refractivity contribution is -0.116. The molecule has 2 aromatic rings. The molecule has 1 heterocycles. The van der Waals surface area contributed by atoms with Crippen molar-refractivity contribution in [2.75, 3.05) is 5.32 Å². The lowest BCUT2D eigenvalue weighted by Gasteiger charge is -2.08. The molecule has 0 aliphatic heterocycles. The van der Waals surface area contributed by atoms with Gasteiger partial charge in [0.15, 0.2) is 5.78 Å². The van der Waals surface area contributed by atoms with Gasteiger partial charge in [-0.25, -0.2) is 0 Å². The van der Waals surface area contributed by atoms with E-state index in [4.69, 9.17) is 0 Å². The zero-order valence-electron chi connectivity index (χ0n) is 13.1. The molecule has 2 N–H and O–H groups in total. The average Bonchev–Trinajstić information content (AvgIpc) is 2.60. The maximum absolute atomic E-state index is 12.1. The Morgan fingerprint density at radius 3 is 2.52 bits per heavy atom. The molecule has 0 fully saturated rings. The van der Waals surface area contributed by atoms with Crippen molar-refractivity contribution in [3.05, 3.63) is 59.4 Å². The van der Waals surface area contributed by atoms with Crippen LogP contribution in [0.15, 0.2) is 42.7 Å². The van der Waals surface area contributed by atoms with E-state index in [0.717, 1.165) is 6.42 Å². The lowest BCUT2D eigenvalue weighted by atomic mass is 10.0. The van der Waals surface area contributed by atoms with Crippen molar-refractivity contribution in [1.82, 2.24) is 4.98 Å². The van der Waals surface area contributed by atoms with Crippen molar-refractivity contribution in [1.29, 1.82) is 0 Å². The Labute approximate surface area is 135 Å². The predicted molar refractivity (Wildman–Crippen MR) is 88.2 cm³/mol. The van der Waals surface area contributed by atoms with E-state index < -0.39 is 0 Å². The van der Waals surface area contributed by atoms with Gasteiger partial charge < -0.3 is 10.4 Å². The Bertz CT molecular complexity index is 681. The van der Waals surface area contributed by atoms with Gasteiger partial charge in [0.25, 0.3) is 0 Å². The van der Waals surface area contributed by atoms with Crippen LogP contribution >= 0.6 is 0 Å². The summed E-state index contributed by atoms with van der Waals surface area (Å²) < 4.78 is 0. The number of benzene rings is 1. The molecule has 0 radical (unpaired) electrons. The fourth-order valence-corrected chi connectivity index (χ4v) is 2.18. The van der Waals surface area contributed by atoms with Gasteiger partial charge in [-0.05, 0) is 18.1 Å². The minimum absolute atomic E-state index is 0.0589. The second-order valence-corrected chi connectivity index (χ2v) is 5.21. The van der Waals surface area contributed by atoms with Crippen molar-refractivity contribution in [2.24, 2.45) is 0 Å². The molecule has 5 heteroatoms. The highest BCUT2D eigenvalue weighted by Gasteiger charge is 2.11. The molecule has 1 amide bonds. The number of hydrogen-bond acceptors (Lipinski definition) is 4. The molecule has 1 aromatic heterocycles. The highest BCUT2D eigenvalue weighted by atomic mass is 16.3. The van der Waals surface area contributed by atoms with Crippen LogP contribution in [0.4, 0.5) is 5.69 Å². The summed E-state index contributed by atoms with van der Waals surface area (Å²) in [7, 11) is 0. The first-order chi connectivity index (χ1) is 11.1. The van der Waals surface area contributed by atoms with E-state index in [1.165, 1.54) is 11.8 Å². The third-order valence-electron chi connectivity index (χ3n) is 3.62.